The van der Waals surface area contributed by atoms with Gasteiger partial charge in [0, 0.05) is 0 Å². The molecule has 1 aromatic carbocycles. The Hall–Kier alpha value is -0.746. The average molecular weight is 369 g/mol. The number of benzene rings is 1. The molecule has 140 valence electrons. The highest BCUT2D eigenvalue weighted by molar-refractivity contribution is 6.74. The Morgan fingerprint density at radius 1 is 0.875 bits per heavy atom. The summed E-state index contributed by atoms with van der Waals surface area (Å²) in [7, 11) is -2.81. The Morgan fingerprint density at radius 2 is 1.46 bits per heavy atom. The Morgan fingerprint density at radius 3 is 1.92 bits per heavy atom. The van der Waals surface area contributed by atoms with Crippen molar-refractivity contribution in [3.63, 3.8) is 0 Å². The van der Waals surface area contributed by atoms with E-state index in [2.05, 4.69) is 59.7 Å². The van der Waals surface area contributed by atoms with E-state index >= 15 is 0 Å². The fraction of sp³-hybridized carbons (Fsp3) is 0.700. The standard InChI is InChI=1S/C19H36O2Si2.CH4/c1-7-13-17-14-15-18(21-23(10-4,11-5)12-6)19(16-17)20-22(8-2)9-3;/h14-16,22H,7-13H2,1-6H3;1H4. The van der Waals surface area contributed by atoms with E-state index in [-0.39, 0.29) is 7.43 Å². The molecule has 0 aromatic heterocycles. The van der Waals surface area contributed by atoms with Crippen LogP contribution in [0.3, 0.4) is 0 Å². The topological polar surface area (TPSA) is 18.5 Å². The van der Waals surface area contributed by atoms with E-state index in [0.29, 0.717) is 0 Å². The van der Waals surface area contributed by atoms with Crippen molar-refractivity contribution in [3.05, 3.63) is 23.8 Å². The zero-order chi connectivity index (χ0) is 17.3. The second-order valence-electron chi connectivity index (χ2n) is 6.43. The van der Waals surface area contributed by atoms with E-state index in [4.69, 9.17) is 8.85 Å². The van der Waals surface area contributed by atoms with Gasteiger partial charge in [-0.15, -0.1) is 0 Å². The zero-order valence-electron chi connectivity index (χ0n) is 16.1. The van der Waals surface area contributed by atoms with Crippen LogP contribution in [-0.4, -0.2) is 17.4 Å². The lowest BCUT2D eigenvalue weighted by Gasteiger charge is -2.30. The van der Waals surface area contributed by atoms with Gasteiger partial charge in [-0.1, -0.05) is 61.5 Å². The van der Waals surface area contributed by atoms with Gasteiger partial charge < -0.3 is 8.85 Å². The van der Waals surface area contributed by atoms with Crippen molar-refractivity contribution in [2.24, 2.45) is 0 Å². The fourth-order valence-corrected chi connectivity index (χ4v) is 7.03. The lowest BCUT2D eigenvalue weighted by molar-refractivity contribution is 0.480. The van der Waals surface area contributed by atoms with Gasteiger partial charge in [0.15, 0.2) is 0 Å². The van der Waals surface area contributed by atoms with Crippen LogP contribution in [0.5, 0.6) is 11.5 Å². The second kappa shape index (κ2) is 11.7. The minimum atomic E-state index is -1.66. The molecule has 1 rings (SSSR count). The molecule has 24 heavy (non-hydrogen) atoms. The van der Waals surface area contributed by atoms with Gasteiger partial charge in [-0.3, -0.25) is 0 Å². The van der Waals surface area contributed by atoms with Gasteiger partial charge in [-0.05, 0) is 54.3 Å². The highest BCUT2D eigenvalue weighted by Gasteiger charge is 2.32. The van der Waals surface area contributed by atoms with E-state index in [1.165, 1.54) is 42.2 Å². The molecule has 0 spiro atoms. The van der Waals surface area contributed by atoms with Crippen LogP contribution in [0.15, 0.2) is 18.2 Å². The third kappa shape index (κ3) is 6.28. The van der Waals surface area contributed by atoms with Crippen LogP contribution in [0.1, 0.15) is 61.0 Å². The monoisotopic (exact) mass is 368 g/mol. The van der Waals surface area contributed by atoms with Crippen LogP contribution in [0, 0.1) is 0 Å². The van der Waals surface area contributed by atoms with Crippen LogP contribution in [0.25, 0.3) is 0 Å². The molecule has 0 bridgehead atoms. The van der Waals surface area contributed by atoms with Crippen molar-refractivity contribution in [1.29, 1.82) is 0 Å². The summed E-state index contributed by atoms with van der Waals surface area (Å²) in [6.45, 7) is 13.6. The molecule has 0 heterocycles. The van der Waals surface area contributed by atoms with Crippen LogP contribution < -0.4 is 8.85 Å². The minimum absolute atomic E-state index is 0. The van der Waals surface area contributed by atoms with E-state index in [1.54, 1.807) is 0 Å². The molecule has 4 heteroatoms. The molecule has 1 aromatic rings. The summed E-state index contributed by atoms with van der Waals surface area (Å²) in [6, 6.07) is 12.5. The molecule has 0 aliphatic carbocycles. The van der Waals surface area contributed by atoms with Crippen molar-refractivity contribution in [2.75, 3.05) is 0 Å². The number of hydrogen-bond donors (Lipinski definition) is 0. The number of rotatable bonds is 11. The lowest BCUT2D eigenvalue weighted by atomic mass is 10.1. The molecular weight excluding hydrogens is 328 g/mol. The SMILES string of the molecule is C.CCCc1ccc(O[Si](CC)(CC)CC)c(O[SiH](CC)CC)c1. The predicted octanol–water partition coefficient (Wildman–Crippen LogP) is 6.80. The Balaban J connectivity index is 0.00000529. The van der Waals surface area contributed by atoms with E-state index in [1.807, 2.05) is 0 Å². The van der Waals surface area contributed by atoms with Gasteiger partial charge in [0.05, 0.1) is 0 Å². The summed E-state index contributed by atoms with van der Waals surface area (Å²) >= 11 is 0. The number of hydrogen-bond acceptors (Lipinski definition) is 2. The summed E-state index contributed by atoms with van der Waals surface area (Å²) in [5, 5.41) is 0. The Labute approximate surface area is 153 Å². The van der Waals surface area contributed by atoms with Gasteiger partial charge in [0.2, 0.25) is 9.04 Å². The third-order valence-electron chi connectivity index (χ3n) is 5.01. The van der Waals surface area contributed by atoms with Crippen LogP contribution in [0.4, 0.5) is 0 Å². The third-order valence-corrected chi connectivity index (χ3v) is 11.9. The van der Waals surface area contributed by atoms with Crippen molar-refractivity contribution in [1.82, 2.24) is 0 Å². The molecule has 0 saturated carbocycles. The molecule has 2 nitrogen and oxygen atoms in total. The number of aryl methyl sites for hydroxylation is 1. The molecule has 0 N–H and O–H groups in total. The fourth-order valence-electron chi connectivity index (χ4n) is 3.01. The predicted molar refractivity (Wildman–Crippen MR) is 114 cm³/mol. The van der Waals surface area contributed by atoms with Gasteiger partial charge in [-0.25, -0.2) is 0 Å². The maximum atomic E-state index is 6.64. The maximum Gasteiger partial charge on any atom is 0.250 e. The molecule has 0 unspecified atom stereocenters. The van der Waals surface area contributed by atoms with Crippen LogP contribution >= 0.6 is 0 Å². The van der Waals surface area contributed by atoms with Crippen molar-refractivity contribution < 1.29 is 8.85 Å². The molecular formula is C20H40O2Si2. The van der Waals surface area contributed by atoms with Crippen molar-refractivity contribution in [2.45, 2.75) is 92.0 Å². The van der Waals surface area contributed by atoms with E-state index < -0.39 is 17.4 Å². The van der Waals surface area contributed by atoms with E-state index in [0.717, 1.165) is 17.9 Å². The van der Waals surface area contributed by atoms with Gasteiger partial charge in [0.1, 0.15) is 11.5 Å². The van der Waals surface area contributed by atoms with E-state index in [9.17, 15) is 0 Å². The molecule has 0 saturated heterocycles. The smallest absolute Gasteiger partial charge is 0.250 e. The summed E-state index contributed by atoms with van der Waals surface area (Å²) in [4.78, 5) is 0. The largest absolute Gasteiger partial charge is 0.544 e. The summed E-state index contributed by atoms with van der Waals surface area (Å²) < 4.78 is 13.1. The molecule has 0 radical (unpaired) electrons. The van der Waals surface area contributed by atoms with Gasteiger partial charge in [0.25, 0.3) is 8.32 Å². The van der Waals surface area contributed by atoms with Crippen molar-refractivity contribution in [3.8, 4) is 11.5 Å². The summed E-state index contributed by atoms with van der Waals surface area (Å²) in [6.07, 6.45) is 2.28. The first-order chi connectivity index (χ1) is 11.1. The molecule has 0 amide bonds. The quantitative estimate of drug-likeness (QED) is 0.400. The summed E-state index contributed by atoms with van der Waals surface area (Å²) in [5.74, 6) is 2.02. The van der Waals surface area contributed by atoms with Gasteiger partial charge in [-0.2, -0.15) is 0 Å². The van der Waals surface area contributed by atoms with Crippen LogP contribution in [0.2, 0.25) is 30.2 Å². The zero-order valence-corrected chi connectivity index (χ0v) is 18.2. The first kappa shape index (κ1) is 23.3. The Bertz CT molecular complexity index is 447. The Kier molecular flexibility index (Phi) is 11.4. The molecule has 0 fully saturated rings. The molecule has 0 atom stereocenters. The van der Waals surface area contributed by atoms with Crippen molar-refractivity contribution >= 4 is 17.4 Å². The van der Waals surface area contributed by atoms with Gasteiger partial charge >= 0.3 is 0 Å². The van der Waals surface area contributed by atoms with Crippen LogP contribution in [-0.2, 0) is 6.42 Å². The summed E-state index contributed by atoms with van der Waals surface area (Å²) in [5.41, 5.74) is 1.37. The highest BCUT2D eigenvalue weighted by Crippen LogP contribution is 2.35. The normalized spacial score (nSPS) is 11.3. The highest BCUT2D eigenvalue weighted by atomic mass is 28.4. The first-order valence-corrected chi connectivity index (χ1v) is 14.2. The molecule has 0 aliphatic heterocycles. The second-order valence-corrected chi connectivity index (χ2v) is 14.2. The molecule has 0 aliphatic rings. The lowest BCUT2D eigenvalue weighted by Crippen LogP contribution is -2.39. The average Bonchev–Trinajstić information content (AvgIpc) is 2.59. The first-order valence-electron chi connectivity index (χ1n) is 9.56. The minimum Gasteiger partial charge on any atom is -0.544 e. The maximum absolute atomic E-state index is 6.64.